The van der Waals surface area contributed by atoms with E-state index in [1.165, 1.54) is 25.0 Å². The van der Waals surface area contributed by atoms with Crippen LogP contribution in [0, 0.1) is 0 Å². The van der Waals surface area contributed by atoms with Gasteiger partial charge in [-0.15, -0.1) is 0 Å². The third kappa shape index (κ3) is 4.13. The van der Waals surface area contributed by atoms with Crippen molar-refractivity contribution in [3.8, 4) is 0 Å². The zero-order chi connectivity index (χ0) is 13.9. The van der Waals surface area contributed by atoms with Crippen molar-refractivity contribution in [2.45, 2.75) is 32.0 Å². The Morgan fingerprint density at radius 2 is 1.74 bits per heavy atom. The number of benzene rings is 1. The third-order valence-electron chi connectivity index (χ3n) is 3.36. The van der Waals surface area contributed by atoms with Gasteiger partial charge >= 0.3 is 6.18 Å². The second-order valence-electron chi connectivity index (χ2n) is 5.13. The predicted molar refractivity (Wildman–Crippen MR) is 70.2 cm³/mol. The lowest BCUT2D eigenvalue weighted by molar-refractivity contribution is -0.137. The molecule has 0 aliphatic carbocycles. The van der Waals surface area contributed by atoms with Crippen LogP contribution in [0.1, 0.15) is 25.3 Å². The molecule has 1 fully saturated rings. The Balaban J connectivity index is 1.88. The Morgan fingerprint density at radius 1 is 1.16 bits per heavy atom. The summed E-state index contributed by atoms with van der Waals surface area (Å²) in [4.78, 5) is 2.38. The first-order valence-electron chi connectivity index (χ1n) is 6.61. The summed E-state index contributed by atoms with van der Waals surface area (Å²) in [6.07, 6.45) is -1.78. The molecule has 2 nitrogen and oxygen atoms in total. The van der Waals surface area contributed by atoms with Crippen molar-refractivity contribution < 1.29 is 13.2 Å². The van der Waals surface area contributed by atoms with Crippen LogP contribution in [0.2, 0.25) is 0 Å². The second-order valence-corrected chi connectivity index (χ2v) is 5.13. The van der Waals surface area contributed by atoms with E-state index < -0.39 is 11.7 Å². The fourth-order valence-electron chi connectivity index (χ4n) is 2.44. The van der Waals surface area contributed by atoms with Gasteiger partial charge in [0.05, 0.1) is 5.56 Å². The van der Waals surface area contributed by atoms with Crippen LogP contribution in [-0.4, -0.2) is 30.6 Å². The molecule has 2 rings (SSSR count). The van der Waals surface area contributed by atoms with Gasteiger partial charge in [0, 0.05) is 18.3 Å². The molecule has 0 bridgehead atoms. The first-order valence-corrected chi connectivity index (χ1v) is 6.61. The number of nitrogens with one attached hydrogen (secondary N) is 1. The molecule has 1 aromatic rings. The van der Waals surface area contributed by atoms with Crippen molar-refractivity contribution in [3.05, 3.63) is 29.8 Å². The van der Waals surface area contributed by atoms with E-state index in [1.54, 1.807) is 0 Å². The van der Waals surface area contributed by atoms with Crippen molar-refractivity contribution >= 4 is 5.69 Å². The average molecular weight is 272 g/mol. The zero-order valence-corrected chi connectivity index (χ0v) is 11.0. The van der Waals surface area contributed by atoms with Gasteiger partial charge in [0.2, 0.25) is 0 Å². The number of nitrogens with zero attached hydrogens (tertiary/aromatic N) is 1. The number of hydrogen-bond acceptors (Lipinski definition) is 2. The lowest BCUT2D eigenvalue weighted by Crippen LogP contribution is -2.32. The van der Waals surface area contributed by atoms with Crippen LogP contribution in [0.15, 0.2) is 24.3 Å². The van der Waals surface area contributed by atoms with Crippen molar-refractivity contribution in [2.75, 3.05) is 25.0 Å². The molecule has 0 spiro atoms. The summed E-state index contributed by atoms with van der Waals surface area (Å²) in [5.74, 6) is 0. The maximum absolute atomic E-state index is 12.4. The fraction of sp³-hybridized carbons (Fsp3) is 0.571. The molecular formula is C14H19F3N2. The molecule has 1 saturated heterocycles. The molecule has 1 aromatic carbocycles. The second kappa shape index (κ2) is 5.82. The van der Waals surface area contributed by atoms with Gasteiger partial charge in [-0.3, -0.25) is 0 Å². The van der Waals surface area contributed by atoms with Crippen LogP contribution in [-0.2, 0) is 6.18 Å². The molecule has 19 heavy (non-hydrogen) atoms. The van der Waals surface area contributed by atoms with Gasteiger partial charge in [-0.2, -0.15) is 13.2 Å². The topological polar surface area (TPSA) is 15.3 Å². The van der Waals surface area contributed by atoms with Gasteiger partial charge in [0.25, 0.3) is 0 Å². The summed E-state index contributed by atoms with van der Waals surface area (Å²) in [6, 6.07) is 5.44. The number of hydrogen-bond donors (Lipinski definition) is 1. The van der Waals surface area contributed by atoms with Crippen molar-refractivity contribution in [3.63, 3.8) is 0 Å². The zero-order valence-electron chi connectivity index (χ0n) is 11.0. The van der Waals surface area contributed by atoms with Crippen LogP contribution in [0.3, 0.4) is 0 Å². The maximum Gasteiger partial charge on any atom is 0.416 e. The van der Waals surface area contributed by atoms with Crippen molar-refractivity contribution in [1.82, 2.24) is 4.90 Å². The molecule has 5 heteroatoms. The van der Waals surface area contributed by atoms with Gasteiger partial charge in [-0.25, -0.2) is 0 Å². The van der Waals surface area contributed by atoms with Crippen LogP contribution in [0.4, 0.5) is 18.9 Å². The van der Waals surface area contributed by atoms with Crippen LogP contribution >= 0.6 is 0 Å². The molecule has 1 aliphatic heterocycles. The van der Waals surface area contributed by atoms with Gasteiger partial charge in [0.15, 0.2) is 0 Å². The van der Waals surface area contributed by atoms with Gasteiger partial charge in [-0.1, -0.05) is 0 Å². The molecule has 1 heterocycles. The first-order chi connectivity index (χ1) is 8.95. The lowest BCUT2D eigenvalue weighted by Gasteiger charge is -2.22. The monoisotopic (exact) mass is 272 g/mol. The predicted octanol–water partition coefficient (Wildman–Crippen LogP) is 3.60. The summed E-state index contributed by atoms with van der Waals surface area (Å²) < 4.78 is 37.3. The minimum atomic E-state index is -4.26. The van der Waals surface area contributed by atoms with Gasteiger partial charge in [0.1, 0.15) is 0 Å². The Labute approximate surface area is 111 Å². The highest BCUT2D eigenvalue weighted by Gasteiger charge is 2.29. The quantitative estimate of drug-likeness (QED) is 0.901. The lowest BCUT2D eigenvalue weighted by atomic mass is 10.2. The molecule has 0 radical (unpaired) electrons. The highest BCUT2D eigenvalue weighted by molar-refractivity contribution is 5.45. The van der Waals surface area contributed by atoms with Crippen LogP contribution in [0.25, 0.3) is 0 Å². The highest BCUT2D eigenvalue weighted by atomic mass is 19.4. The van der Waals surface area contributed by atoms with Gasteiger partial charge < -0.3 is 10.2 Å². The molecule has 1 atom stereocenters. The molecule has 0 saturated carbocycles. The molecule has 1 unspecified atom stereocenters. The summed E-state index contributed by atoms with van der Waals surface area (Å²) in [6.45, 7) is 5.23. The number of anilines is 1. The summed E-state index contributed by atoms with van der Waals surface area (Å²) in [7, 11) is 0. The van der Waals surface area contributed by atoms with Crippen LogP contribution < -0.4 is 5.32 Å². The largest absolute Gasteiger partial charge is 0.416 e. The minimum Gasteiger partial charge on any atom is -0.381 e. The molecule has 1 aliphatic rings. The number of halogens is 3. The molecular weight excluding hydrogens is 253 g/mol. The Morgan fingerprint density at radius 3 is 2.26 bits per heavy atom. The van der Waals surface area contributed by atoms with Gasteiger partial charge in [-0.05, 0) is 57.1 Å². The Kier molecular flexibility index (Phi) is 4.34. The van der Waals surface area contributed by atoms with E-state index in [0.717, 1.165) is 37.5 Å². The normalized spacial score (nSPS) is 18.5. The van der Waals surface area contributed by atoms with Crippen LogP contribution in [0.5, 0.6) is 0 Å². The Hall–Kier alpha value is -1.23. The molecule has 0 aromatic heterocycles. The number of rotatable bonds is 4. The summed E-state index contributed by atoms with van der Waals surface area (Å²) in [5, 5.41) is 3.24. The highest BCUT2D eigenvalue weighted by Crippen LogP contribution is 2.29. The molecule has 106 valence electrons. The molecule has 0 amide bonds. The van der Waals surface area contributed by atoms with E-state index in [2.05, 4.69) is 17.1 Å². The maximum atomic E-state index is 12.4. The number of likely N-dealkylation sites (tertiary alicyclic amines) is 1. The van der Waals surface area contributed by atoms with E-state index >= 15 is 0 Å². The fourth-order valence-corrected chi connectivity index (χ4v) is 2.44. The van der Waals surface area contributed by atoms with Crippen molar-refractivity contribution in [1.29, 1.82) is 0 Å². The minimum absolute atomic E-state index is 0.231. The summed E-state index contributed by atoms with van der Waals surface area (Å²) >= 11 is 0. The number of alkyl halides is 3. The SMILES string of the molecule is CC(CN1CCCC1)Nc1ccc(C(F)(F)F)cc1. The average Bonchev–Trinajstić information content (AvgIpc) is 2.81. The Bertz CT molecular complexity index is 394. The van der Waals surface area contributed by atoms with E-state index in [0.29, 0.717) is 0 Å². The van der Waals surface area contributed by atoms with Crippen molar-refractivity contribution in [2.24, 2.45) is 0 Å². The van der Waals surface area contributed by atoms with E-state index in [4.69, 9.17) is 0 Å². The first kappa shape index (κ1) is 14.2. The summed E-state index contributed by atoms with van der Waals surface area (Å²) in [5.41, 5.74) is 0.130. The molecule has 1 N–H and O–H groups in total. The standard InChI is InChI=1S/C14H19F3N2/c1-11(10-19-8-2-3-9-19)18-13-6-4-12(5-7-13)14(15,16)17/h4-7,11,18H,2-3,8-10H2,1H3. The van der Waals surface area contributed by atoms with E-state index in [9.17, 15) is 13.2 Å². The smallest absolute Gasteiger partial charge is 0.381 e. The van der Waals surface area contributed by atoms with E-state index in [-0.39, 0.29) is 6.04 Å². The third-order valence-corrected chi connectivity index (χ3v) is 3.36. The van der Waals surface area contributed by atoms with E-state index in [1.807, 2.05) is 0 Å².